The maximum Gasteiger partial charge on any atom is 0.331 e. The van der Waals surface area contributed by atoms with Crippen molar-refractivity contribution in [3.63, 3.8) is 0 Å². The van der Waals surface area contributed by atoms with E-state index in [1.54, 1.807) is 30.3 Å². The van der Waals surface area contributed by atoms with Gasteiger partial charge in [-0.25, -0.2) is 9.10 Å². The fourth-order valence-electron chi connectivity index (χ4n) is 2.02. The molecule has 0 aliphatic heterocycles. The van der Waals surface area contributed by atoms with E-state index in [1.165, 1.54) is 12.1 Å². The fourth-order valence-corrected chi connectivity index (χ4v) is 2.82. The van der Waals surface area contributed by atoms with E-state index in [1.807, 2.05) is 0 Å². The maximum absolute atomic E-state index is 12.1. The van der Waals surface area contributed by atoms with Crippen LogP contribution in [0.5, 0.6) is 0 Å². The Morgan fingerprint density at radius 1 is 1.08 bits per heavy atom. The number of benzene rings is 2. The molecule has 3 N–H and O–H groups in total. The standard InChI is InChI=1S/C16H15Cl2N3O2S/c17-13-2-1-3-14(18)12(13)8-9-20-16(23)21(24)11-6-4-10(5-7-11)15(19)22/h1-7,24H,8-9H2,(H2,19,22)(H,20,23). The second-order valence-corrected chi connectivity index (χ2v) is 6.12. The Morgan fingerprint density at radius 2 is 1.67 bits per heavy atom. The Morgan fingerprint density at radius 3 is 2.21 bits per heavy atom. The minimum Gasteiger partial charge on any atom is -0.366 e. The Hall–Kier alpha value is -1.89. The molecule has 126 valence electrons. The van der Waals surface area contributed by atoms with Crippen LogP contribution >= 0.6 is 36.0 Å². The van der Waals surface area contributed by atoms with Crippen LogP contribution in [-0.2, 0) is 6.42 Å². The molecule has 5 nitrogen and oxygen atoms in total. The van der Waals surface area contributed by atoms with Crippen molar-refractivity contribution in [1.29, 1.82) is 0 Å². The third kappa shape index (κ3) is 4.56. The van der Waals surface area contributed by atoms with E-state index in [0.717, 1.165) is 9.87 Å². The van der Waals surface area contributed by atoms with Gasteiger partial charge in [0.15, 0.2) is 0 Å². The quantitative estimate of drug-likeness (QED) is 0.688. The highest BCUT2D eigenvalue weighted by Gasteiger charge is 2.13. The van der Waals surface area contributed by atoms with Crippen LogP contribution in [0, 0.1) is 0 Å². The van der Waals surface area contributed by atoms with Crippen LogP contribution in [0.1, 0.15) is 15.9 Å². The third-order valence-corrected chi connectivity index (χ3v) is 4.42. The number of urea groups is 1. The molecule has 0 aliphatic carbocycles. The summed E-state index contributed by atoms with van der Waals surface area (Å²) in [7, 11) is 0. The molecule has 0 fully saturated rings. The van der Waals surface area contributed by atoms with Gasteiger partial charge in [-0.2, -0.15) is 0 Å². The lowest BCUT2D eigenvalue weighted by Crippen LogP contribution is -2.35. The Bertz CT molecular complexity index is 733. The highest BCUT2D eigenvalue weighted by atomic mass is 35.5. The Labute approximate surface area is 155 Å². The number of thiol groups is 1. The first kappa shape index (κ1) is 18.4. The molecule has 0 bridgehead atoms. The second-order valence-electron chi connectivity index (χ2n) is 4.91. The fraction of sp³-hybridized carbons (Fsp3) is 0.125. The number of nitrogens with one attached hydrogen (secondary N) is 1. The molecule has 0 heterocycles. The average Bonchev–Trinajstić information content (AvgIpc) is 2.56. The largest absolute Gasteiger partial charge is 0.366 e. The van der Waals surface area contributed by atoms with Crippen molar-refractivity contribution in [1.82, 2.24) is 5.32 Å². The van der Waals surface area contributed by atoms with E-state index >= 15 is 0 Å². The summed E-state index contributed by atoms with van der Waals surface area (Å²) < 4.78 is 1.14. The number of carbonyl (C=O) groups is 2. The normalized spacial score (nSPS) is 10.3. The van der Waals surface area contributed by atoms with Crippen molar-refractivity contribution < 1.29 is 9.59 Å². The molecule has 0 aromatic heterocycles. The number of hydrogen-bond donors (Lipinski definition) is 3. The van der Waals surface area contributed by atoms with E-state index in [2.05, 4.69) is 18.1 Å². The first-order valence-corrected chi connectivity index (χ1v) is 8.15. The van der Waals surface area contributed by atoms with Crippen LogP contribution in [0.2, 0.25) is 10.0 Å². The monoisotopic (exact) mass is 383 g/mol. The summed E-state index contributed by atoms with van der Waals surface area (Å²) in [6.07, 6.45) is 0.493. The number of nitrogens with zero attached hydrogens (tertiary/aromatic N) is 1. The Balaban J connectivity index is 1.93. The van der Waals surface area contributed by atoms with Crippen LogP contribution in [0.15, 0.2) is 42.5 Å². The molecule has 0 saturated heterocycles. The van der Waals surface area contributed by atoms with Crippen LogP contribution < -0.4 is 15.4 Å². The summed E-state index contributed by atoms with van der Waals surface area (Å²) in [4.78, 5) is 23.1. The van der Waals surface area contributed by atoms with E-state index in [4.69, 9.17) is 28.9 Å². The summed E-state index contributed by atoms with van der Waals surface area (Å²) in [5.41, 5.74) is 6.81. The van der Waals surface area contributed by atoms with Crippen molar-refractivity contribution in [2.45, 2.75) is 6.42 Å². The molecule has 2 rings (SSSR count). The predicted octanol–water partition coefficient (Wildman–Crippen LogP) is 3.70. The minimum absolute atomic E-state index is 0.346. The summed E-state index contributed by atoms with van der Waals surface area (Å²) in [5, 5.41) is 3.84. The predicted molar refractivity (Wildman–Crippen MR) is 100.0 cm³/mol. The van der Waals surface area contributed by atoms with Crippen LogP contribution in [0.25, 0.3) is 0 Å². The molecule has 0 spiro atoms. The van der Waals surface area contributed by atoms with Gasteiger partial charge >= 0.3 is 6.03 Å². The van der Waals surface area contributed by atoms with Gasteiger partial charge in [-0.3, -0.25) is 4.79 Å². The molecule has 0 unspecified atom stereocenters. The van der Waals surface area contributed by atoms with E-state index in [0.29, 0.717) is 34.3 Å². The summed E-state index contributed by atoms with van der Waals surface area (Å²) in [6.45, 7) is 0.346. The molecule has 0 saturated carbocycles. The van der Waals surface area contributed by atoms with Gasteiger partial charge in [0.05, 0.1) is 5.69 Å². The second kappa shape index (κ2) is 8.28. The molecular weight excluding hydrogens is 369 g/mol. The van der Waals surface area contributed by atoms with Crippen molar-refractivity contribution >= 4 is 53.6 Å². The lowest BCUT2D eigenvalue weighted by atomic mass is 10.1. The molecule has 8 heteroatoms. The molecular formula is C16H15Cl2N3O2S. The first-order chi connectivity index (χ1) is 11.4. The zero-order chi connectivity index (χ0) is 17.7. The number of hydrogen-bond acceptors (Lipinski definition) is 3. The molecule has 2 aromatic rings. The number of nitrogens with two attached hydrogens (primary N) is 1. The maximum atomic E-state index is 12.1. The molecule has 24 heavy (non-hydrogen) atoms. The lowest BCUT2D eigenvalue weighted by molar-refractivity contribution is 0.100. The van der Waals surface area contributed by atoms with Gasteiger partial charge < -0.3 is 11.1 Å². The lowest BCUT2D eigenvalue weighted by Gasteiger charge is -2.17. The highest BCUT2D eigenvalue weighted by Crippen LogP contribution is 2.24. The van der Waals surface area contributed by atoms with Crippen LogP contribution in [0.3, 0.4) is 0 Å². The van der Waals surface area contributed by atoms with Gasteiger partial charge in [0.25, 0.3) is 0 Å². The van der Waals surface area contributed by atoms with Crippen molar-refractivity contribution in [2.75, 3.05) is 10.8 Å². The Kier molecular flexibility index (Phi) is 6.36. The summed E-state index contributed by atoms with van der Waals surface area (Å²) in [6, 6.07) is 11.1. The zero-order valence-electron chi connectivity index (χ0n) is 12.5. The molecule has 2 aromatic carbocycles. The number of carbonyl (C=O) groups excluding carboxylic acids is 2. The van der Waals surface area contributed by atoms with E-state index < -0.39 is 11.9 Å². The van der Waals surface area contributed by atoms with Crippen molar-refractivity contribution in [2.24, 2.45) is 5.73 Å². The highest BCUT2D eigenvalue weighted by molar-refractivity contribution is 7.82. The summed E-state index contributed by atoms with van der Waals surface area (Å²) in [5.74, 6) is -0.534. The van der Waals surface area contributed by atoms with Gasteiger partial charge in [0.2, 0.25) is 5.91 Å². The van der Waals surface area contributed by atoms with Crippen LogP contribution in [0.4, 0.5) is 10.5 Å². The van der Waals surface area contributed by atoms with E-state index in [9.17, 15) is 9.59 Å². The first-order valence-electron chi connectivity index (χ1n) is 6.99. The van der Waals surface area contributed by atoms with Crippen molar-refractivity contribution in [3.05, 3.63) is 63.6 Å². The van der Waals surface area contributed by atoms with Gasteiger partial charge in [0, 0.05) is 22.2 Å². The van der Waals surface area contributed by atoms with Gasteiger partial charge in [-0.05, 0) is 48.4 Å². The smallest absolute Gasteiger partial charge is 0.331 e. The van der Waals surface area contributed by atoms with E-state index in [-0.39, 0.29) is 0 Å². The van der Waals surface area contributed by atoms with Crippen LogP contribution in [-0.4, -0.2) is 18.5 Å². The SMILES string of the molecule is NC(=O)c1ccc(N(S)C(=O)NCCc2c(Cl)cccc2Cl)cc1. The van der Waals surface area contributed by atoms with Crippen molar-refractivity contribution in [3.8, 4) is 0 Å². The third-order valence-electron chi connectivity index (χ3n) is 3.30. The van der Waals surface area contributed by atoms with Gasteiger partial charge in [-0.1, -0.05) is 42.1 Å². The molecule has 0 aliphatic rings. The number of amides is 3. The number of anilines is 1. The zero-order valence-corrected chi connectivity index (χ0v) is 14.9. The topological polar surface area (TPSA) is 75.4 Å². The number of halogens is 2. The van der Waals surface area contributed by atoms with Gasteiger partial charge in [0.1, 0.15) is 0 Å². The molecule has 3 amide bonds. The van der Waals surface area contributed by atoms with Gasteiger partial charge in [-0.15, -0.1) is 0 Å². The average molecular weight is 384 g/mol. The summed E-state index contributed by atoms with van der Waals surface area (Å²) >= 11 is 16.3. The number of rotatable bonds is 5. The molecule has 0 radical (unpaired) electrons. The molecule has 0 atom stereocenters. The minimum atomic E-state index is -0.534. The number of primary amides is 1.